The van der Waals surface area contributed by atoms with Crippen LogP contribution in [0.5, 0.6) is 5.75 Å². The number of amides is 2. The number of hydrogen-bond acceptors (Lipinski definition) is 13. The molecule has 1 fully saturated rings. The number of nitrogens with zero attached hydrogens (tertiary/aromatic N) is 5. The minimum atomic E-state index is -2.67. The van der Waals surface area contributed by atoms with Crippen molar-refractivity contribution in [1.29, 1.82) is 5.26 Å². The van der Waals surface area contributed by atoms with E-state index in [0.717, 1.165) is 99.8 Å². The van der Waals surface area contributed by atoms with E-state index >= 15 is 0 Å². The summed E-state index contributed by atoms with van der Waals surface area (Å²) < 4.78 is 34.4. The molecule has 0 spiro atoms. The summed E-state index contributed by atoms with van der Waals surface area (Å²) >= 11 is 16.9. The molecule has 1 N–H and O–H groups in total. The van der Waals surface area contributed by atoms with E-state index in [9.17, 15) is 27.6 Å². The molecule has 0 aliphatic heterocycles. The van der Waals surface area contributed by atoms with Crippen LogP contribution in [0.1, 0.15) is 397 Å². The number of benzene rings is 5. The fraction of sp³-hybridized carbons (Fsp3) is 0.701. The summed E-state index contributed by atoms with van der Waals surface area (Å²) in [5, 5.41) is 12.2. The van der Waals surface area contributed by atoms with Crippen LogP contribution in [0.15, 0.2) is 127 Å². The van der Waals surface area contributed by atoms with Crippen LogP contribution in [-0.2, 0) is 44.9 Å². The highest BCUT2D eigenvalue weighted by molar-refractivity contribution is 7.89. The molecule has 2 atom stereocenters. The molecule has 19 heteroatoms. The van der Waals surface area contributed by atoms with Crippen molar-refractivity contribution in [3.8, 4) is 11.8 Å². The molecule has 5 aromatic rings. The Labute approximate surface area is 861 Å². The minimum absolute atomic E-state index is 0. The molecule has 1 aliphatic rings. The van der Waals surface area contributed by atoms with Gasteiger partial charge in [-0.25, -0.2) is 8.42 Å². The summed E-state index contributed by atoms with van der Waals surface area (Å²) in [6, 6.07) is 43.7. The number of esters is 2. The molecule has 136 heavy (non-hydrogen) atoms. The van der Waals surface area contributed by atoms with E-state index in [4.69, 9.17) is 49.5 Å². The van der Waals surface area contributed by atoms with E-state index in [1.165, 1.54) is 185 Å². The van der Waals surface area contributed by atoms with Gasteiger partial charge in [0, 0.05) is 83.6 Å². The van der Waals surface area contributed by atoms with Gasteiger partial charge in [-0.05, 0) is 223 Å². The Morgan fingerprint density at radius 1 is 0.471 bits per heavy atom. The van der Waals surface area contributed by atoms with Gasteiger partial charge in [-0.15, -0.1) is 0 Å². The van der Waals surface area contributed by atoms with Gasteiger partial charge < -0.3 is 39.1 Å². The van der Waals surface area contributed by atoms with Gasteiger partial charge in [-0.3, -0.25) is 19.2 Å². The largest absolute Gasteiger partial charge is 0.497 e. The fourth-order valence-corrected chi connectivity index (χ4v) is 12.4. The first-order valence-electron chi connectivity index (χ1n) is 51.5. The number of carbonyl (C=O) groups excluding carboxylic acids is 4. The van der Waals surface area contributed by atoms with Gasteiger partial charge in [-0.1, -0.05) is 413 Å². The third-order valence-corrected chi connectivity index (χ3v) is 20.1. The molecule has 0 aromatic heterocycles. The van der Waals surface area contributed by atoms with E-state index in [-0.39, 0.29) is 48.1 Å². The van der Waals surface area contributed by atoms with Gasteiger partial charge in [0.25, 0.3) is 0 Å². The van der Waals surface area contributed by atoms with Gasteiger partial charge in [0.05, 0.1) is 29.8 Å². The van der Waals surface area contributed by atoms with Crippen LogP contribution in [0.3, 0.4) is 0 Å². The standard InChI is InChI=1S/C17H32O2.2C10H21NO.C8H10O.C8H10.C7H6Cl2.C7H7Cl.C7H17N.C7H8.C7H16.2C5H13N.C5H12.C4H8O2.C3H8.C2H3N.C2H6O2S.C2H6.CH4/c1-11-9-13(16(3,4)5)15(19-12(2)18)14(10-11)17(6,7)8;1-4-6-8-11(10(3)12)9-7-5-2;1-3-4-5-6-7-8-9-11-10(2)12;1-7-4-3-5-8(6-7)9-2;1-2-8-6-4-3-5-7-8;1-5-2-3-6(8)7(9)4-5;1-6-2-4-7(8)5-3-6;1-4-7-8(5-2)6-3;1-7-5-3-2-4-6-7;1-3-5-7-6-4-2;2*1-4-5-6(2)3;1-3-5-4-2;1-3-6-4(2)5;1-3-2;1-2-3;1-5(2,3)4;1-2;/h11,13-15H,9-10H2,1-8H3;4-9H2,1-3H3;3-9H2,1-2H3,(H,11,12);3-6H,1-2H3;3-7H,2H2,1H3;2-4H,1H3;2-5H,1H3;4-7H2,1-3H3;2-6H,1H3;3-7H2,1-2H3;2*4-5H2,1-3H3;3-5H2,1-2H3;3H2,1-2H3;3H2,1-2H3;1H3;1-2H3;1-2H3;1H4. The highest BCUT2D eigenvalue weighted by Crippen LogP contribution is 2.49. The third-order valence-electron chi connectivity index (χ3n) is 19.1. The number of sulfone groups is 1. The number of carbonyl (C=O) groups is 4. The predicted octanol–water partition coefficient (Wildman–Crippen LogP) is 34.5. The molecule has 6 rings (SSSR count). The van der Waals surface area contributed by atoms with Crippen LogP contribution in [0.2, 0.25) is 15.1 Å². The lowest BCUT2D eigenvalue weighted by molar-refractivity contribution is -0.166. The molecule has 1 saturated carbocycles. The second-order valence-electron chi connectivity index (χ2n) is 36.3. The Bertz CT molecular complexity index is 3340. The average Bonchev–Trinajstić information content (AvgIpc) is 0.776. The monoisotopic (exact) mass is 1990 g/mol. The molecule has 0 heterocycles. The van der Waals surface area contributed by atoms with Crippen molar-refractivity contribution >= 4 is 68.4 Å². The van der Waals surface area contributed by atoms with Crippen molar-refractivity contribution < 1.29 is 41.8 Å². The second-order valence-corrected chi connectivity index (χ2v) is 39.9. The van der Waals surface area contributed by atoms with Crippen molar-refractivity contribution in [3.05, 3.63) is 170 Å². The number of ether oxygens (including phenoxy) is 3. The van der Waals surface area contributed by atoms with Crippen LogP contribution in [0.25, 0.3) is 0 Å². The first kappa shape index (κ1) is 158. The van der Waals surface area contributed by atoms with Gasteiger partial charge in [0.1, 0.15) is 21.7 Å². The maximum atomic E-state index is 11.5. The second kappa shape index (κ2) is 116. The normalized spacial score (nSPS) is 12.4. The number of nitrogens with one attached hydrogen (secondary N) is 1. The smallest absolute Gasteiger partial charge is 0.302 e. The van der Waals surface area contributed by atoms with Crippen LogP contribution < -0.4 is 10.1 Å². The molecule has 800 valence electrons. The highest BCUT2D eigenvalue weighted by Gasteiger charge is 2.47. The van der Waals surface area contributed by atoms with E-state index in [2.05, 4.69) is 249 Å². The predicted molar refractivity (Wildman–Crippen MR) is 610 cm³/mol. The number of hydrogen-bond donors (Lipinski definition) is 1. The summed E-state index contributed by atoms with van der Waals surface area (Å²) in [4.78, 5) is 51.6. The molecule has 15 nitrogen and oxygen atoms in total. The van der Waals surface area contributed by atoms with Crippen LogP contribution >= 0.6 is 34.8 Å². The van der Waals surface area contributed by atoms with E-state index in [1.54, 1.807) is 40.0 Å². The van der Waals surface area contributed by atoms with E-state index in [0.29, 0.717) is 34.4 Å². The van der Waals surface area contributed by atoms with Crippen LogP contribution in [-0.4, -0.2) is 165 Å². The van der Waals surface area contributed by atoms with Crippen molar-refractivity contribution in [1.82, 2.24) is 24.9 Å². The maximum Gasteiger partial charge on any atom is 0.302 e. The minimum Gasteiger partial charge on any atom is -0.497 e. The molecular formula is C117H221Cl3N6O9S. The Kier molecular flexibility index (Phi) is 135. The molecule has 0 bridgehead atoms. The number of rotatable bonds is 31. The SMILES string of the molecule is C.CC.CC#N.CC(=O)OC1C(C(C)(C)C)CC(C)CC1C(C)(C)C.CCC.CCCCC.CCCCCCC.CCCCCCCCNC(C)=O.CCCCN(CCCC)C(C)=O.CCCN(C)C.CCCN(C)C.CCCN(CC)CC.CCOC(C)=O.CCc1ccccc1.COc1cccc(C)c1.CS(C)(=O)=O.Cc1ccc(Cl)c(Cl)c1.Cc1ccc(Cl)cc1.Cc1ccccc1. The van der Waals surface area contributed by atoms with Gasteiger partial charge >= 0.3 is 11.9 Å². The summed E-state index contributed by atoms with van der Waals surface area (Å²) in [5.41, 5.74) is 6.69. The maximum absolute atomic E-state index is 11.5. The highest BCUT2D eigenvalue weighted by atomic mass is 35.5. The zero-order valence-corrected chi connectivity index (χ0v) is 98.5. The lowest BCUT2D eigenvalue weighted by Crippen LogP contribution is -2.49. The molecule has 2 amide bonds. The summed E-state index contributed by atoms with van der Waals surface area (Å²) in [6.45, 7) is 79.6. The third kappa shape index (κ3) is 139. The summed E-state index contributed by atoms with van der Waals surface area (Å²) in [7, 11) is 7.36. The quantitative estimate of drug-likeness (QED) is 0.0328. The van der Waals surface area contributed by atoms with Crippen LogP contribution in [0, 0.1) is 67.6 Å². The first-order valence-corrected chi connectivity index (χ1v) is 54.9. The Hall–Kier alpha value is -6.03. The molecular weight excluding hydrogens is 1770 g/mol. The topological polar surface area (TPSA) is 179 Å². The number of aryl methyl sites for hydroxylation is 5. The Balaban J connectivity index is -0.000000109. The number of methoxy groups -OCH3 is 1. The molecule has 2 unspecified atom stereocenters. The van der Waals surface area contributed by atoms with Gasteiger partial charge in [0.2, 0.25) is 11.8 Å². The molecule has 1 aliphatic carbocycles. The molecule has 0 radical (unpaired) electrons. The number of halogens is 3. The van der Waals surface area contributed by atoms with Gasteiger partial charge in [-0.2, -0.15) is 5.26 Å². The Morgan fingerprint density at radius 3 is 1.06 bits per heavy atom. The zero-order chi connectivity index (χ0) is 107. The summed E-state index contributed by atoms with van der Waals surface area (Å²) in [5.74, 6) is 2.49. The van der Waals surface area contributed by atoms with Crippen molar-refractivity contribution in [2.45, 2.75) is 409 Å². The van der Waals surface area contributed by atoms with Crippen molar-refractivity contribution in [2.24, 2.45) is 28.6 Å². The van der Waals surface area contributed by atoms with Crippen molar-refractivity contribution in [3.63, 3.8) is 0 Å². The first-order chi connectivity index (χ1) is 63.4. The zero-order valence-electron chi connectivity index (χ0n) is 95.4. The number of unbranched alkanes of at least 4 members (excludes halogenated alkanes) is 13. The molecule has 5 aromatic carbocycles. The van der Waals surface area contributed by atoms with Crippen molar-refractivity contribution in [2.75, 3.05) is 107 Å². The lowest BCUT2D eigenvalue weighted by atomic mass is 9.59. The lowest BCUT2D eigenvalue weighted by Gasteiger charge is -2.50. The van der Waals surface area contributed by atoms with E-state index < -0.39 is 9.84 Å². The van der Waals surface area contributed by atoms with E-state index in [1.807, 2.05) is 124 Å². The summed E-state index contributed by atoms with van der Waals surface area (Å²) in [6.07, 6.45) is 34.2. The fourth-order valence-electron chi connectivity index (χ4n) is 12.0. The molecule has 0 saturated heterocycles. The number of nitriles is 1. The Morgan fingerprint density at radius 2 is 0.824 bits per heavy atom. The van der Waals surface area contributed by atoms with Gasteiger partial charge in [0.15, 0.2) is 0 Å². The van der Waals surface area contributed by atoms with Crippen LogP contribution in [0.4, 0.5) is 0 Å². The average molecular weight is 1990 g/mol.